The molecule has 0 bridgehead atoms. The van der Waals surface area contributed by atoms with Crippen LogP contribution in [0, 0.1) is 5.82 Å². The van der Waals surface area contributed by atoms with Gasteiger partial charge in [-0.1, -0.05) is 12.1 Å². The Morgan fingerprint density at radius 3 is 2.38 bits per heavy atom. The van der Waals surface area contributed by atoms with Crippen molar-refractivity contribution >= 4 is 5.97 Å². The smallest absolute Gasteiger partial charge is 0.333 e. The van der Waals surface area contributed by atoms with Crippen LogP contribution in [0.2, 0.25) is 0 Å². The Bertz CT molecular complexity index is 346. The first-order chi connectivity index (χ1) is 7.49. The molecule has 1 N–H and O–H groups in total. The normalized spacial score (nSPS) is 12.8. The Labute approximate surface area is 93.9 Å². The van der Waals surface area contributed by atoms with Gasteiger partial charge in [0.15, 0.2) is 6.10 Å². The third-order valence-electron chi connectivity index (χ3n) is 2.05. The fourth-order valence-electron chi connectivity index (χ4n) is 1.36. The zero-order valence-electron chi connectivity index (χ0n) is 9.31. The van der Waals surface area contributed by atoms with E-state index in [2.05, 4.69) is 0 Å². The predicted octanol–water partition coefficient (Wildman–Crippen LogP) is 2.25. The van der Waals surface area contributed by atoms with Crippen molar-refractivity contribution in [2.75, 3.05) is 0 Å². The summed E-state index contributed by atoms with van der Waals surface area (Å²) in [7, 11) is 0. The van der Waals surface area contributed by atoms with Crippen LogP contribution in [0.5, 0.6) is 0 Å². The van der Waals surface area contributed by atoms with Crippen LogP contribution in [0.3, 0.4) is 0 Å². The monoisotopic (exact) mass is 226 g/mol. The summed E-state index contributed by atoms with van der Waals surface area (Å²) in [5.41, 5.74) is 0.745. The quantitative estimate of drug-likeness (QED) is 0.837. The van der Waals surface area contributed by atoms with Gasteiger partial charge in [0, 0.05) is 6.42 Å². The second-order valence-electron chi connectivity index (χ2n) is 3.84. The van der Waals surface area contributed by atoms with Gasteiger partial charge in [0.25, 0.3) is 0 Å². The van der Waals surface area contributed by atoms with Gasteiger partial charge < -0.3 is 9.84 Å². The minimum Gasteiger partial charge on any atom is -0.479 e. The lowest BCUT2D eigenvalue weighted by molar-refractivity contribution is -0.153. The molecule has 0 spiro atoms. The topological polar surface area (TPSA) is 46.5 Å². The molecule has 0 heterocycles. The van der Waals surface area contributed by atoms with Gasteiger partial charge in [0.05, 0.1) is 6.10 Å². The van der Waals surface area contributed by atoms with E-state index in [1.807, 2.05) is 0 Å². The highest BCUT2D eigenvalue weighted by Gasteiger charge is 2.19. The Kier molecular flexibility index (Phi) is 4.43. The lowest BCUT2D eigenvalue weighted by Gasteiger charge is -2.16. The van der Waals surface area contributed by atoms with Crippen molar-refractivity contribution in [1.29, 1.82) is 0 Å². The molecule has 1 atom stereocenters. The molecule has 4 heteroatoms. The molecule has 0 aliphatic carbocycles. The lowest BCUT2D eigenvalue weighted by Crippen LogP contribution is -2.29. The Hall–Kier alpha value is -1.42. The first-order valence-corrected chi connectivity index (χ1v) is 5.11. The molecule has 1 aromatic rings. The van der Waals surface area contributed by atoms with Crippen LogP contribution in [0.25, 0.3) is 0 Å². The molecule has 0 aliphatic rings. The van der Waals surface area contributed by atoms with Gasteiger partial charge in [0.2, 0.25) is 0 Å². The summed E-state index contributed by atoms with van der Waals surface area (Å²) in [6.45, 7) is 3.56. The minimum absolute atomic E-state index is 0.151. The van der Waals surface area contributed by atoms with Crippen LogP contribution in [-0.2, 0) is 16.0 Å². The van der Waals surface area contributed by atoms with Gasteiger partial charge in [0.1, 0.15) is 5.82 Å². The molecule has 0 fully saturated rings. The van der Waals surface area contributed by atoms with E-state index < -0.39 is 12.1 Å². The van der Waals surface area contributed by atoms with Crippen LogP contribution in [0.15, 0.2) is 24.3 Å². The number of hydrogen-bond acceptors (Lipinski definition) is 2. The van der Waals surface area contributed by atoms with Crippen molar-refractivity contribution in [3.63, 3.8) is 0 Å². The number of carbonyl (C=O) groups is 1. The van der Waals surface area contributed by atoms with E-state index in [0.29, 0.717) is 0 Å². The molecule has 0 saturated carbocycles. The van der Waals surface area contributed by atoms with Gasteiger partial charge >= 0.3 is 5.97 Å². The zero-order valence-corrected chi connectivity index (χ0v) is 9.31. The maximum Gasteiger partial charge on any atom is 0.333 e. The van der Waals surface area contributed by atoms with Gasteiger partial charge in [-0.05, 0) is 31.5 Å². The van der Waals surface area contributed by atoms with Gasteiger partial charge in [-0.25, -0.2) is 9.18 Å². The van der Waals surface area contributed by atoms with E-state index in [1.54, 1.807) is 26.0 Å². The van der Waals surface area contributed by atoms with E-state index >= 15 is 0 Å². The first kappa shape index (κ1) is 12.6. The third-order valence-corrected chi connectivity index (χ3v) is 2.05. The molecule has 1 aromatic carbocycles. The van der Waals surface area contributed by atoms with Crippen LogP contribution in [-0.4, -0.2) is 23.3 Å². The zero-order chi connectivity index (χ0) is 12.1. The highest BCUT2D eigenvalue weighted by Crippen LogP contribution is 2.09. The second kappa shape index (κ2) is 5.61. The average molecular weight is 226 g/mol. The number of ether oxygens (including phenoxy) is 1. The van der Waals surface area contributed by atoms with Crippen LogP contribution < -0.4 is 0 Å². The maximum atomic E-state index is 12.6. The SMILES string of the molecule is CC(C)O[C@H](Cc1ccc(F)cc1)C(=O)O. The van der Waals surface area contributed by atoms with Crippen molar-refractivity contribution < 1.29 is 19.0 Å². The van der Waals surface area contributed by atoms with Gasteiger partial charge in [-0.3, -0.25) is 0 Å². The number of rotatable bonds is 5. The number of carboxylic acids is 1. The third kappa shape index (κ3) is 3.98. The van der Waals surface area contributed by atoms with E-state index in [4.69, 9.17) is 9.84 Å². The van der Waals surface area contributed by atoms with Crippen LogP contribution in [0.4, 0.5) is 4.39 Å². The van der Waals surface area contributed by atoms with Crippen molar-refractivity contribution in [3.05, 3.63) is 35.6 Å². The molecule has 16 heavy (non-hydrogen) atoms. The van der Waals surface area contributed by atoms with Crippen molar-refractivity contribution in [1.82, 2.24) is 0 Å². The fraction of sp³-hybridized carbons (Fsp3) is 0.417. The predicted molar refractivity (Wildman–Crippen MR) is 57.7 cm³/mol. The Morgan fingerprint density at radius 1 is 1.38 bits per heavy atom. The molecule has 1 rings (SSSR count). The molecule has 0 radical (unpaired) electrons. The number of aliphatic carboxylic acids is 1. The highest BCUT2D eigenvalue weighted by molar-refractivity contribution is 5.72. The molecule has 0 unspecified atom stereocenters. The summed E-state index contributed by atoms with van der Waals surface area (Å²) in [6, 6.07) is 5.75. The van der Waals surface area contributed by atoms with E-state index in [-0.39, 0.29) is 18.3 Å². The van der Waals surface area contributed by atoms with Crippen LogP contribution in [0.1, 0.15) is 19.4 Å². The molecular weight excluding hydrogens is 211 g/mol. The highest BCUT2D eigenvalue weighted by atomic mass is 19.1. The van der Waals surface area contributed by atoms with Crippen LogP contribution >= 0.6 is 0 Å². The van der Waals surface area contributed by atoms with Crippen molar-refractivity contribution in [3.8, 4) is 0 Å². The van der Waals surface area contributed by atoms with E-state index in [1.165, 1.54) is 12.1 Å². The standard InChI is InChI=1S/C12H15FO3/c1-8(2)16-11(12(14)15)7-9-3-5-10(13)6-4-9/h3-6,8,11H,7H2,1-2H3,(H,14,15)/t11-/m1/s1. The second-order valence-corrected chi connectivity index (χ2v) is 3.84. The summed E-state index contributed by atoms with van der Waals surface area (Å²) in [4.78, 5) is 10.9. The summed E-state index contributed by atoms with van der Waals surface area (Å²) in [5.74, 6) is -1.33. The summed E-state index contributed by atoms with van der Waals surface area (Å²) in [6.07, 6.45) is -0.791. The fourth-order valence-corrected chi connectivity index (χ4v) is 1.36. The average Bonchev–Trinajstić information content (AvgIpc) is 2.19. The largest absolute Gasteiger partial charge is 0.479 e. The molecule has 0 aliphatic heterocycles. The first-order valence-electron chi connectivity index (χ1n) is 5.11. The molecule has 0 amide bonds. The van der Waals surface area contributed by atoms with Crippen molar-refractivity contribution in [2.45, 2.75) is 32.5 Å². The molecule has 88 valence electrons. The minimum atomic E-state index is -1.00. The number of carboxylic acid groups (broad SMARTS) is 1. The van der Waals surface area contributed by atoms with E-state index in [9.17, 15) is 9.18 Å². The summed E-state index contributed by atoms with van der Waals surface area (Å²) in [5, 5.41) is 8.94. The van der Waals surface area contributed by atoms with Gasteiger partial charge in [-0.15, -0.1) is 0 Å². The van der Waals surface area contributed by atoms with E-state index in [0.717, 1.165) is 5.56 Å². The molecule has 3 nitrogen and oxygen atoms in total. The molecule has 0 saturated heterocycles. The number of halogens is 1. The number of hydrogen-bond donors (Lipinski definition) is 1. The van der Waals surface area contributed by atoms with Gasteiger partial charge in [-0.2, -0.15) is 0 Å². The Morgan fingerprint density at radius 2 is 1.94 bits per heavy atom. The van der Waals surface area contributed by atoms with Crippen molar-refractivity contribution in [2.24, 2.45) is 0 Å². The lowest BCUT2D eigenvalue weighted by atomic mass is 10.1. The number of benzene rings is 1. The summed E-state index contributed by atoms with van der Waals surface area (Å²) >= 11 is 0. The molecular formula is C12H15FO3. The summed E-state index contributed by atoms with van der Waals surface area (Å²) < 4.78 is 17.9. The maximum absolute atomic E-state index is 12.6. The Balaban J connectivity index is 2.68. The molecule has 0 aromatic heterocycles.